The molecule has 0 atom stereocenters. The van der Waals surface area contributed by atoms with Crippen molar-refractivity contribution in [3.8, 4) is 0 Å². The summed E-state index contributed by atoms with van der Waals surface area (Å²) in [5.41, 5.74) is 6.88. The van der Waals surface area contributed by atoms with Crippen molar-refractivity contribution in [1.82, 2.24) is 18.9 Å². The highest BCUT2D eigenvalue weighted by molar-refractivity contribution is 14.1. The van der Waals surface area contributed by atoms with Crippen LogP contribution in [0.1, 0.15) is 52.6 Å². The van der Waals surface area contributed by atoms with Crippen molar-refractivity contribution in [3.05, 3.63) is 199 Å². The third kappa shape index (κ3) is 17.3. The zero-order valence-corrected chi connectivity index (χ0v) is 53.8. The fourth-order valence-electron chi connectivity index (χ4n) is 6.87. The normalized spacial score (nSPS) is 10.6. The maximum atomic E-state index is 12.9. The van der Waals surface area contributed by atoms with Crippen LogP contribution in [0.15, 0.2) is 175 Å². The number of benzene rings is 6. The summed E-state index contributed by atoms with van der Waals surface area (Å²) in [5.74, 6) is -2.59. The number of nitrogens with one attached hydrogen (secondary N) is 3. The third-order valence-electron chi connectivity index (χ3n) is 10.8. The van der Waals surface area contributed by atoms with Gasteiger partial charge in [0.15, 0.2) is 0 Å². The van der Waals surface area contributed by atoms with Gasteiger partial charge in [-0.25, -0.2) is 40.0 Å². The Morgan fingerprint density at radius 3 is 1.41 bits per heavy atom. The number of rotatable bonds is 7. The highest BCUT2D eigenvalue weighted by Crippen LogP contribution is 2.31. The first-order valence-electron chi connectivity index (χ1n) is 21.9. The average molecular weight is 1560 g/mol. The fourth-order valence-corrected chi connectivity index (χ4v) is 10.5. The second kappa shape index (κ2) is 30.3. The molecule has 0 amide bonds. The number of H-pyrrole nitrogens is 3. The van der Waals surface area contributed by atoms with E-state index in [2.05, 4.69) is 118 Å². The van der Waals surface area contributed by atoms with Gasteiger partial charge in [0.1, 0.15) is 0 Å². The molecule has 6 aromatic carbocycles. The number of hydrogen-bond donors (Lipinski definition) is 5. The number of aromatic nitrogens is 4. The van der Waals surface area contributed by atoms with E-state index in [-0.39, 0.29) is 15.8 Å². The molecule has 25 heteroatoms. The maximum absolute atomic E-state index is 12.9. The minimum absolute atomic E-state index is 0.143. The van der Waals surface area contributed by atoms with Gasteiger partial charge in [-0.2, -0.15) is 0 Å². The van der Waals surface area contributed by atoms with Crippen molar-refractivity contribution in [2.45, 2.75) is 23.6 Å². The molecule has 16 nitrogen and oxygen atoms in total. The molecular formula is C53H45Br5ClIN4O12S2. The lowest BCUT2D eigenvalue weighted by molar-refractivity contribution is 0.0592. The number of esters is 2. The molecule has 0 aliphatic heterocycles. The minimum atomic E-state index is -3.73. The molecule has 0 unspecified atom stereocenters. The quantitative estimate of drug-likeness (QED) is 0.0433. The second-order valence-corrected chi connectivity index (χ2v) is 22.7. The predicted octanol–water partition coefficient (Wildman–Crippen LogP) is 15.6. The minimum Gasteiger partial charge on any atom is -0.478 e. The van der Waals surface area contributed by atoms with Crippen LogP contribution in [0.3, 0.4) is 0 Å². The fraction of sp³-hybridized carbons (Fsp3) is 0.0943. The van der Waals surface area contributed by atoms with Gasteiger partial charge >= 0.3 is 23.9 Å². The predicted molar refractivity (Wildman–Crippen MR) is 332 cm³/mol. The zero-order valence-electron chi connectivity index (χ0n) is 41.3. The van der Waals surface area contributed by atoms with Gasteiger partial charge in [-0.3, -0.25) is 0 Å². The van der Waals surface area contributed by atoms with Gasteiger partial charge in [-0.05, 0) is 170 Å². The summed E-state index contributed by atoms with van der Waals surface area (Å²) >= 11 is 17.7. The number of methoxy groups -OCH3 is 2. The number of carbonyl (C=O) groups is 4. The molecule has 0 aliphatic carbocycles. The summed E-state index contributed by atoms with van der Waals surface area (Å²) in [7, 11) is 0.480. The van der Waals surface area contributed by atoms with Gasteiger partial charge in [0.25, 0.3) is 19.1 Å². The SMILES string of the molecule is BrBr.CI.COC(=O)c1ccc2[nH]cc(Br)c2c1.COC(=O)c1ccc2c(c1)c(Br)cn2S(=O)(=O)c1ccc(C)cc1.Cc1ccc(S(=O)(=O)Cl)cc1.O=C(O)c1ccc2[nH]cc(Br)c2c1.O=C(O)c1ccc2[nH]ccc2c1. The number of carboxylic acid groups (broad SMARTS) is 2. The van der Waals surface area contributed by atoms with E-state index in [9.17, 15) is 36.0 Å². The van der Waals surface area contributed by atoms with E-state index in [0.717, 1.165) is 52.8 Å². The first kappa shape index (κ1) is 65.2. The molecule has 4 aromatic heterocycles. The molecule has 10 aromatic rings. The molecule has 0 bridgehead atoms. The van der Waals surface area contributed by atoms with Gasteiger partial charge < -0.3 is 34.6 Å². The molecule has 0 saturated carbocycles. The van der Waals surface area contributed by atoms with E-state index >= 15 is 0 Å². The van der Waals surface area contributed by atoms with Crippen LogP contribution in [0.25, 0.3) is 43.6 Å². The lowest BCUT2D eigenvalue weighted by atomic mass is 10.1. The number of nitrogens with zero attached hydrogens (tertiary/aromatic N) is 1. The summed E-state index contributed by atoms with van der Waals surface area (Å²) in [4.78, 5) is 55.5. The van der Waals surface area contributed by atoms with E-state index in [1.54, 1.807) is 116 Å². The second-order valence-electron chi connectivity index (χ2n) is 15.7. The number of fused-ring (bicyclic) bond motifs is 4. The number of aryl methyl sites for hydroxylation is 2. The van der Waals surface area contributed by atoms with Crippen molar-refractivity contribution in [1.29, 1.82) is 0 Å². The average Bonchev–Trinajstić information content (AvgIpc) is 4.33. The molecule has 4 heterocycles. The standard InChI is InChI=1S/C17H14BrNO4S.C10H8BrNO2.C9H6BrNO2.C9H7NO2.C7H7ClO2S.CH3I.Br2/c1-11-3-6-13(7-4-11)24(21,22)19-10-15(18)14-9-12(17(20)23-2)5-8-16(14)19;1-14-10(13)6-2-3-9-7(4-6)8(11)5-12-9;10-7-4-11-8-2-1-5(9(12)13)3-6(7)8;11-9(12)7-1-2-8-6(5-7)3-4-10-8;1-6-2-4-7(5-3-6)11(8,9)10;2*1-2/h3-10H,1-2H3;2-5,12H,1H3;1-4,11H,(H,12,13);1-5,10H,(H,11,12);2-5H,1H3;1H3;. The lowest BCUT2D eigenvalue weighted by Crippen LogP contribution is -2.11. The molecule has 10 rings (SSSR count). The number of aromatic amines is 3. The molecule has 78 heavy (non-hydrogen) atoms. The number of hydrogen-bond acceptors (Lipinski definition) is 10. The van der Waals surface area contributed by atoms with Crippen LogP contribution in [0.2, 0.25) is 0 Å². The van der Waals surface area contributed by atoms with Crippen molar-refractivity contribution >= 4 is 196 Å². The Bertz CT molecular complexity index is 3940. The topological polar surface area (TPSA) is 248 Å². The van der Waals surface area contributed by atoms with Crippen LogP contribution >= 0.6 is 109 Å². The Hall–Kier alpha value is -5.32. The van der Waals surface area contributed by atoms with Crippen LogP contribution < -0.4 is 0 Å². The number of carboxylic acids is 2. The van der Waals surface area contributed by atoms with E-state index in [0.29, 0.717) is 37.6 Å². The largest absolute Gasteiger partial charge is 0.478 e. The Labute approximate surface area is 507 Å². The van der Waals surface area contributed by atoms with Crippen LogP contribution in [0.4, 0.5) is 0 Å². The van der Waals surface area contributed by atoms with E-state index < -0.39 is 37.0 Å². The summed E-state index contributed by atoms with van der Waals surface area (Å²) in [6, 6.07) is 35.0. The number of halogens is 7. The Morgan fingerprint density at radius 1 is 0.538 bits per heavy atom. The smallest absolute Gasteiger partial charge is 0.337 e. The van der Waals surface area contributed by atoms with Gasteiger partial charge in [0, 0.05) is 115 Å². The van der Waals surface area contributed by atoms with Crippen LogP contribution in [-0.4, -0.2) is 89.0 Å². The van der Waals surface area contributed by atoms with Gasteiger partial charge in [0.2, 0.25) is 0 Å². The van der Waals surface area contributed by atoms with Crippen molar-refractivity contribution in [2.75, 3.05) is 19.2 Å². The molecular weight excluding hydrogens is 1510 g/mol. The lowest BCUT2D eigenvalue weighted by Gasteiger charge is -2.08. The third-order valence-corrected chi connectivity index (χ3v) is 15.8. The van der Waals surface area contributed by atoms with Gasteiger partial charge in [-0.1, -0.05) is 58.0 Å². The monoisotopic (exact) mass is 1550 g/mol. The summed E-state index contributed by atoms with van der Waals surface area (Å²) < 4.78 is 60.2. The van der Waals surface area contributed by atoms with Crippen molar-refractivity contribution in [3.63, 3.8) is 0 Å². The molecule has 0 aliphatic rings. The molecule has 0 spiro atoms. The Kier molecular flexibility index (Phi) is 25.3. The van der Waals surface area contributed by atoms with Crippen LogP contribution in [0.5, 0.6) is 0 Å². The highest BCUT2D eigenvalue weighted by Gasteiger charge is 2.22. The van der Waals surface area contributed by atoms with Crippen LogP contribution in [-0.2, 0) is 28.5 Å². The van der Waals surface area contributed by atoms with Gasteiger partial charge in [0.05, 0.1) is 51.8 Å². The first-order valence-corrected chi connectivity index (χ1v) is 33.9. The van der Waals surface area contributed by atoms with E-state index in [4.69, 9.17) is 25.6 Å². The Balaban J connectivity index is 0.000000214. The molecule has 0 fully saturated rings. The van der Waals surface area contributed by atoms with Crippen molar-refractivity contribution in [2.24, 2.45) is 0 Å². The van der Waals surface area contributed by atoms with Gasteiger partial charge in [-0.15, -0.1) is 0 Å². The number of ether oxygens (including phenoxy) is 2. The molecule has 410 valence electrons. The van der Waals surface area contributed by atoms with Crippen LogP contribution in [0, 0.1) is 13.8 Å². The van der Waals surface area contributed by atoms with E-state index in [1.807, 2.05) is 37.1 Å². The number of carbonyl (C=O) groups excluding carboxylic acids is 2. The molecule has 0 radical (unpaired) electrons. The van der Waals surface area contributed by atoms with E-state index in [1.165, 1.54) is 36.5 Å². The molecule has 0 saturated heterocycles. The maximum Gasteiger partial charge on any atom is 0.337 e. The highest BCUT2D eigenvalue weighted by atomic mass is 127. The zero-order chi connectivity index (χ0) is 58.1. The number of alkyl halides is 1. The first-order chi connectivity index (χ1) is 37.0. The molecule has 5 N–H and O–H groups in total. The van der Waals surface area contributed by atoms with Crippen molar-refractivity contribution < 1.29 is 55.7 Å². The summed E-state index contributed by atoms with van der Waals surface area (Å²) in [6.45, 7) is 3.77. The Morgan fingerprint density at radius 2 is 0.949 bits per heavy atom. The summed E-state index contributed by atoms with van der Waals surface area (Å²) in [6.07, 6.45) is 6.90. The summed E-state index contributed by atoms with van der Waals surface area (Å²) in [5, 5.41) is 20.8. The number of aromatic carboxylic acids is 2.